The van der Waals surface area contributed by atoms with Crippen LogP contribution in [0.1, 0.15) is 30.1 Å². The lowest BCUT2D eigenvalue weighted by molar-refractivity contribution is 0.0459. The van der Waals surface area contributed by atoms with Crippen LogP contribution in [0.5, 0.6) is 0 Å². The summed E-state index contributed by atoms with van der Waals surface area (Å²) in [6.45, 7) is 4.02. The van der Waals surface area contributed by atoms with Crippen molar-refractivity contribution in [3.8, 4) is 0 Å². The Balaban J connectivity index is 2.15. The maximum absolute atomic E-state index is 13.6. The van der Waals surface area contributed by atoms with E-state index in [0.717, 1.165) is 12.8 Å². The normalized spacial score (nSPS) is 16.6. The van der Waals surface area contributed by atoms with E-state index in [9.17, 15) is 9.18 Å². The molecule has 1 aliphatic heterocycles. The molecule has 2 rings (SSSR count). The van der Waals surface area contributed by atoms with E-state index < -0.39 is 11.8 Å². The number of carboxylic acids is 1. The number of rotatable bonds is 4. The van der Waals surface area contributed by atoms with E-state index in [1.165, 1.54) is 6.07 Å². The van der Waals surface area contributed by atoms with Gasteiger partial charge < -0.3 is 14.7 Å². The number of halogens is 1. The van der Waals surface area contributed by atoms with Crippen LogP contribution in [0.25, 0.3) is 0 Å². The highest BCUT2D eigenvalue weighted by molar-refractivity contribution is 5.94. The van der Waals surface area contributed by atoms with E-state index in [1.807, 2.05) is 11.8 Å². The number of carboxylic acid groups (broad SMARTS) is 1. The quantitative estimate of drug-likeness (QED) is 0.910. The minimum atomic E-state index is -1.22. The van der Waals surface area contributed by atoms with Crippen LogP contribution in [-0.4, -0.2) is 36.9 Å². The molecule has 1 saturated heterocycles. The van der Waals surface area contributed by atoms with E-state index in [-0.39, 0.29) is 11.7 Å². The van der Waals surface area contributed by atoms with Crippen LogP contribution in [0.3, 0.4) is 0 Å². The lowest BCUT2D eigenvalue weighted by Gasteiger charge is -2.34. The maximum Gasteiger partial charge on any atom is 0.340 e. The summed E-state index contributed by atoms with van der Waals surface area (Å²) < 4.78 is 19.2. The summed E-state index contributed by atoms with van der Waals surface area (Å²) in [5.41, 5.74) is 0.222. The zero-order valence-corrected chi connectivity index (χ0v) is 10.9. The van der Waals surface area contributed by atoms with E-state index in [2.05, 4.69) is 0 Å². The van der Waals surface area contributed by atoms with Gasteiger partial charge in [0.2, 0.25) is 0 Å². The standard InChI is InChI=1S/C14H18FNO3/c1-2-19-10-6-8-16(9-7-10)12-5-3-4-11(15)13(12)14(17)18/h3-5,10H,2,6-9H2,1H3,(H,17,18). The molecule has 0 amide bonds. The lowest BCUT2D eigenvalue weighted by atomic mass is 10.0. The van der Waals surface area contributed by atoms with Gasteiger partial charge in [-0.05, 0) is 31.9 Å². The first-order valence-corrected chi connectivity index (χ1v) is 6.51. The first-order valence-electron chi connectivity index (χ1n) is 6.51. The Morgan fingerprint density at radius 2 is 2.16 bits per heavy atom. The first kappa shape index (κ1) is 13.8. The van der Waals surface area contributed by atoms with Crippen molar-refractivity contribution in [2.75, 3.05) is 24.6 Å². The molecule has 4 nitrogen and oxygen atoms in total. The molecule has 19 heavy (non-hydrogen) atoms. The number of benzene rings is 1. The number of piperidine rings is 1. The van der Waals surface area contributed by atoms with E-state index in [4.69, 9.17) is 9.84 Å². The van der Waals surface area contributed by atoms with Gasteiger partial charge in [-0.15, -0.1) is 0 Å². The predicted molar refractivity (Wildman–Crippen MR) is 70.2 cm³/mol. The van der Waals surface area contributed by atoms with E-state index in [0.29, 0.717) is 25.4 Å². The smallest absolute Gasteiger partial charge is 0.340 e. The van der Waals surface area contributed by atoms with Crippen molar-refractivity contribution in [2.45, 2.75) is 25.9 Å². The van der Waals surface area contributed by atoms with Gasteiger partial charge in [-0.2, -0.15) is 0 Å². The van der Waals surface area contributed by atoms with E-state index in [1.54, 1.807) is 12.1 Å². The van der Waals surface area contributed by atoms with E-state index >= 15 is 0 Å². The monoisotopic (exact) mass is 267 g/mol. The van der Waals surface area contributed by atoms with Gasteiger partial charge in [0.15, 0.2) is 0 Å². The van der Waals surface area contributed by atoms with Crippen LogP contribution in [-0.2, 0) is 4.74 Å². The van der Waals surface area contributed by atoms with Crippen molar-refractivity contribution in [1.82, 2.24) is 0 Å². The topological polar surface area (TPSA) is 49.8 Å². The third-order valence-electron chi connectivity index (χ3n) is 3.39. The SMILES string of the molecule is CCOC1CCN(c2cccc(F)c2C(=O)O)CC1. The second kappa shape index (κ2) is 6.02. The molecule has 1 N–H and O–H groups in total. The number of anilines is 1. The van der Waals surface area contributed by atoms with Crippen LogP contribution in [0.4, 0.5) is 10.1 Å². The molecule has 0 bridgehead atoms. The zero-order chi connectivity index (χ0) is 13.8. The molecular formula is C14H18FNO3. The highest BCUT2D eigenvalue weighted by Gasteiger charge is 2.24. The van der Waals surface area contributed by atoms with Crippen LogP contribution in [0.15, 0.2) is 18.2 Å². The third kappa shape index (κ3) is 3.04. The molecule has 5 heteroatoms. The molecule has 0 aromatic heterocycles. The Kier molecular flexibility index (Phi) is 4.37. The number of aromatic carboxylic acids is 1. The Morgan fingerprint density at radius 1 is 1.47 bits per heavy atom. The fraction of sp³-hybridized carbons (Fsp3) is 0.500. The summed E-state index contributed by atoms with van der Waals surface area (Å²) in [5.74, 6) is -1.91. The first-order chi connectivity index (χ1) is 9.13. The molecule has 1 aliphatic rings. The molecule has 0 spiro atoms. The third-order valence-corrected chi connectivity index (χ3v) is 3.39. The highest BCUT2D eigenvalue weighted by atomic mass is 19.1. The number of carbonyl (C=O) groups is 1. The molecule has 1 aromatic rings. The van der Waals surface area contributed by atoms with Crippen LogP contribution < -0.4 is 4.90 Å². The molecule has 1 aromatic carbocycles. The number of ether oxygens (including phenoxy) is 1. The molecule has 0 unspecified atom stereocenters. The van der Waals surface area contributed by atoms with Gasteiger partial charge in [0, 0.05) is 19.7 Å². The summed E-state index contributed by atoms with van der Waals surface area (Å²) in [6.07, 6.45) is 1.90. The fourth-order valence-corrected chi connectivity index (χ4v) is 2.49. The van der Waals surface area contributed by atoms with Crippen molar-refractivity contribution >= 4 is 11.7 Å². The Labute approximate surface area is 111 Å². The van der Waals surface area contributed by atoms with Gasteiger partial charge in [0.05, 0.1) is 11.8 Å². The molecule has 104 valence electrons. The minimum Gasteiger partial charge on any atom is -0.478 e. The Morgan fingerprint density at radius 3 is 2.74 bits per heavy atom. The molecule has 0 aliphatic carbocycles. The Hall–Kier alpha value is -1.62. The van der Waals surface area contributed by atoms with Crippen LogP contribution in [0, 0.1) is 5.82 Å². The van der Waals surface area contributed by atoms with Crippen molar-refractivity contribution < 1.29 is 19.0 Å². The van der Waals surface area contributed by atoms with Gasteiger partial charge in [-0.25, -0.2) is 9.18 Å². The van der Waals surface area contributed by atoms with Crippen molar-refractivity contribution in [3.05, 3.63) is 29.6 Å². The van der Waals surface area contributed by atoms with Crippen molar-refractivity contribution in [1.29, 1.82) is 0 Å². The largest absolute Gasteiger partial charge is 0.478 e. The number of hydrogen-bond acceptors (Lipinski definition) is 3. The lowest BCUT2D eigenvalue weighted by Crippen LogP contribution is -2.38. The highest BCUT2D eigenvalue weighted by Crippen LogP contribution is 2.27. The summed E-state index contributed by atoms with van der Waals surface area (Å²) in [4.78, 5) is 13.1. The summed E-state index contributed by atoms with van der Waals surface area (Å²) in [5, 5.41) is 9.12. The number of hydrogen-bond donors (Lipinski definition) is 1. The van der Waals surface area contributed by atoms with Crippen LogP contribution >= 0.6 is 0 Å². The second-order valence-electron chi connectivity index (χ2n) is 4.58. The van der Waals surface area contributed by atoms with Gasteiger partial charge >= 0.3 is 5.97 Å². The molecule has 1 heterocycles. The summed E-state index contributed by atoms with van der Waals surface area (Å²) in [6, 6.07) is 4.39. The van der Waals surface area contributed by atoms with Crippen LogP contribution in [0.2, 0.25) is 0 Å². The fourth-order valence-electron chi connectivity index (χ4n) is 2.49. The summed E-state index contributed by atoms with van der Waals surface area (Å²) in [7, 11) is 0. The van der Waals surface area contributed by atoms with Crippen molar-refractivity contribution in [2.24, 2.45) is 0 Å². The molecule has 0 atom stereocenters. The summed E-state index contributed by atoms with van der Waals surface area (Å²) >= 11 is 0. The predicted octanol–water partition coefficient (Wildman–Crippen LogP) is 2.53. The van der Waals surface area contributed by atoms with Gasteiger partial charge in [0.25, 0.3) is 0 Å². The molecule has 1 fully saturated rings. The van der Waals surface area contributed by atoms with Gasteiger partial charge in [0.1, 0.15) is 11.4 Å². The van der Waals surface area contributed by atoms with Gasteiger partial charge in [-0.3, -0.25) is 0 Å². The Bertz CT molecular complexity index is 456. The average Bonchev–Trinajstić information content (AvgIpc) is 2.39. The molecule has 0 saturated carbocycles. The zero-order valence-electron chi connectivity index (χ0n) is 10.9. The van der Waals surface area contributed by atoms with Gasteiger partial charge in [-0.1, -0.05) is 6.07 Å². The second-order valence-corrected chi connectivity index (χ2v) is 4.58. The average molecular weight is 267 g/mol. The number of nitrogens with zero attached hydrogens (tertiary/aromatic N) is 1. The molecule has 0 radical (unpaired) electrons. The maximum atomic E-state index is 13.6. The minimum absolute atomic E-state index is 0.225. The van der Waals surface area contributed by atoms with Crippen molar-refractivity contribution in [3.63, 3.8) is 0 Å². The molecular weight excluding hydrogens is 249 g/mol.